The third kappa shape index (κ3) is 1.16. The van der Waals surface area contributed by atoms with Gasteiger partial charge in [0, 0.05) is 11.6 Å². The van der Waals surface area contributed by atoms with Gasteiger partial charge in [0.15, 0.2) is 0 Å². The van der Waals surface area contributed by atoms with Crippen molar-refractivity contribution in [3.05, 3.63) is 41.0 Å². The lowest BCUT2D eigenvalue weighted by molar-refractivity contribution is 1.38. The summed E-state index contributed by atoms with van der Waals surface area (Å²) in [6.07, 6.45) is 1.71. The number of rotatable bonds is 0. The highest BCUT2D eigenvalue weighted by Gasteiger charge is 1.98. The summed E-state index contributed by atoms with van der Waals surface area (Å²) in [7, 11) is 0. The van der Waals surface area contributed by atoms with Gasteiger partial charge in [-0.05, 0) is 36.8 Å². The highest BCUT2D eigenvalue weighted by molar-refractivity contribution is 6.35. The number of hydrogen-bond donors (Lipinski definition) is 0. The molecule has 1 nitrogen and oxygen atoms in total. The van der Waals surface area contributed by atoms with Crippen molar-refractivity contribution in [2.45, 2.75) is 6.92 Å². The van der Waals surface area contributed by atoms with E-state index in [9.17, 15) is 0 Å². The van der Waals surface area contributed by atoms with Crippen LogP contribution >= 0.6 is 11.6 Å². The topological polar surface area (TPSA) is 12.9 Å². The number of hydrogen-bond acceptors (Lipinski definition) is 1. The van der Waals surface area contributed by atoms with E-state index in [2.05, 4.69) is 11.1 Å². The van der Waals surface area contributed by atoms with Gasteiger partial charge in [-0.25, -0.2) is 0 Å². The van der Waals surface area contributed by atoms with E-state index < -0.39 is 0 Å². The van der Waals surface area contributed by atoms with E-state index in [0.717, 1.165) is 21.5 Å². The molecule has 0 saturated carbocycles. The summed E-state index contributed by atoms with van der Waals surface area (Å²) in [5, 5.41) is 1.70. The summed E-state index contributed by atoms with van der Waals surface area (Å²) in [4.78, 5) is 4.20. The monoisotopic (exact) mass is 176 g/mol. The second-order valence-corrected chi connectivity index (χ2v) is 3.11. The predicted molar refractivity (Wildman–Crippen MR) is 50.3 cm³/mol. The highest BCUT2D eigenvalue weighted by atomic mass is 35.5. The first-order valence-corrected chi connectivity index (χ1v) is 4.08. The maximum atomic E-state index is 5.95. The van der Waals surface area contributed by atoms with E-state index in [0.29, 0.717) is 0 Å². The molecule has 0 N–H and O–H groups in total. The molecule has 1 aromatic heterocycles. The van der Waals surface area contributed by atoms with E-state index in [1.54, 1.807) is 12.3 Å². The minimum atomic E-state index is 0.733. The molecule has 0 aliphatic carbocycles. The molecule has 12 heavy (non-hydrogen) atoms. The molecule has 0 fully saturated rings. The van der Waals surface area contributed by atoms with Gasteiger partial charge in [0.25, 0.3) is 0 Å². The van der Waals surface area contributed by atoms with Crippen molar-refractivity contribution in [3.63, 3.8) is 0 Å². The lowest BCUT2D eigenvalue weighted by atomic mass is 10.1. The van der Waals surface area contributed by atoms with E-state index >= 15 is 0 Å². The lowest BCUT2D eigenvalue weighted by Crippen LogP contribution is -1.80. The Labute approximate surface area is 76.0 Å². The van der Waals surface area contributed by atoms with E-state index in [-0.39, 0.29) is 0 Å². The van der Waals surface area contributed by atoms with E-state index in [1.165, 1.54) is 0 Å². The van der Waals surface area contributed by atoms with Crippen molar-refractivity contribution in [1.29, 1.82) is 0 Å². The maximum absolute atomic E-state index is 5.95. The van der Waals surface area contributed by atoms with Gasteiger partial charge in [0.05, 0.1) is 10.5 Å². The zero-order chi connectivity index (χ0) is 8.55. The molecule has 2 heteroatoms. The van der Waals surface area contributed by atoms with Crippen LogP contribution in [0.2, 0.25) is 5.02 Å². The van der Waals surface area contributed by atoms with Crippen LogP contribution in [-0.2, 0) is 0 Å². The molecule has 0 bridgehead atoms. The van der Waals surface area contributed by atoms with Crippen LogP contribution in [-0.4, -0.2) is 4.98 Å². The molecular weight excluding hydrogens is 170 g/mol. The Balaban J connectivity index is 2.86. The Morgan fingerprint density at radius 3 is 3.17 bits per heavy atom. The van der Waals surface area contributed by atoms with Crippen LogP contribution in [0.25, 0.3) is 10.9 Å². The number of nitrogens with zero attached hydrogens (tertiary/aromatic N) is 1. The molecule has 2 aromatic rings. The number of aryl methyl sites for hydroxylation is 1. The van der Waals surface area contributed by atoms with E-state index in [1.807, 2.05) is 19.1 Å². The minimum absolute atomic E-state index is 0.733. The van der Waals surface area contributed by atoms with Crippen molar-refractivity contribution in [1.82, 2.24) is 4.98 Å². The quantitative estimate of drug-likeness (QED) is 0.602. The maximum Gasteiger partial charge on any atom is 0.0720 e. The van der Waals surface area contributed by atoms with Gasteiger partial charge in [0.2, 0.25) is 0 Å². The van der Waals surface area contributed by atoms with Crippen LogP contribution in [0.1, 0.15) is 5.56 Å². The molecule has 1 heterocycles. The van der Waals surface area contributed by atoms with Gasteiger partial charge < -0.3 is 0 Å². The normalized spacial score (nSPS) is 10.5. The Kier molecular flexibility index (Phi) is 1.74. The molecule has 2 rings (SSSR count). The predicted octanol–water partition coefficient (Wildman–Crippen LogP) is 3.00. The summed E-state index contributed by atoms with van der Waals surface area (Å²) in [6, 6.07) is 8.72. The van der Waals surface area contributed by atoms with Gasteiger partial charge in [-0.2, -0.15) is 0 Å². The van der Waals surface area contributed by atoms with Crippen molar-refractivity contribution in [2.75, 3.05) is 0 Å². The third-order valence-electron chi connectivity index (χ3n) is 1.77. The second kappa shape index (κ2) is 2.76. The number of benzene rings is 1. The first-order chi connectivity index (χ1) is 5.77. The first-order valence-electron chi connectivity index (χ1n) is 3.70. The molecule has 0 atom stereocenters. The standard InChI is InChI=1S/C10H7ClN/c1-7-2-3-8-9(11)4-5-12-10(8)6-7/h3-6H,1H3. The van der Waals surface area contributed by atoms with Gasteiger partial charge in [-0.1, -0.05) is 11.6 Å². The Morgan fingerprint density at radius 2 is 2.33 bits per heavy atom. The van der Waals surface area contributed by atoms with Crippen LogP contribution in [0, 0.1) is 13.0 Å². The fourth-order valence-electron chi connectivity index (χ4n) is 1.16. The molecular formula is C10H7ClN. The third-order valence-corrected chi connectivity index (χ3v) is 2.09. The minimum Gasteiger partial charge on any atom is -0.256 e. The van der Waals surface area contributed by atoms with Crippen LogP contribution in [0.3, 0.4) is 0 Å². The summed E-state index contributed by atoms with van der Waals surface area (Å²) < 4.78 is 0. The number of fused-ring (bicyclic) bond motifs is 1. The molecule has 0 aliphatic heterocycles. The Morgan fingerprint density at radius 1 is 1.50 bits per heavy atom. The zero-order valence-corrected chi connectivity index (χ0v) is 7.39. The average Bonchev–Trinajstić information content (AvgIpc) is 2.04. The van der Waals surface area contributed by atoms with Crippen LogP contribution < -0.4 is 0 Å². The first kappa shape index (κ1) is 7.56. The Bertz CT molecular complexity index is 423. The van der Waals surface area contributed by atoms with Gasteiger partial charge >= 0.3 is 0 Å². The summed E-state index contributed by atoms with van der Waals surface area (Å²) in [5.41, 5.74) is 2.01. The van der Waals surface area contributed by atoms with E-state index in [4.69, 9.17) is 11.6 Å². The van der Waals surface area contributed by atoms with Crippen LogP contribution in [0.5, 0.6) is 0 Å². The Hall–Kier alpha value is -1.08. The smallest absolute Gasteiger partial charge is 0.0720 e. The fraction of sp³-hybridized carbons (Fsp3) is 0.100. The fourth-order valence-corrected chi connectivity index (χ4v) is 1.36. The van der Waals surface area contributed by atoms with Gasteiger partial charge in [-0.15, -0.1) is 0 Å². The van der Waals surface area contributed by atoms with Crippen molar-refractivity contribution in [2.24, 2.45) is 0 Å². The molecule has 0 spiro atoms. The molecule has 0 aliphatic rings. The average molecular weight is 177 g/mol. The van der Waals surface area contributed by atoms with Crippen molar-refractivity contribution < 1.29 is 0 Å². The molecule has 1 aromatic carbocycles. The molecule has 0 amide bonds. The molecule has 1 radical (unpaired) electrons. The summed E-state index contributed by atoms with van der Waals surface area (Å²) in [6.45, 7) is 1.99. The number of halogens is 1. The highest BCUT2D eigenvalue weighted by Crippen LogP contribution is 2.21. The number of pyridine rings is 1. The van der Waals surface area contributed by atoms with Crippen molar-refractivity contribution >= 4 is 22.5 Å². The SMILES string of the molecule is Cc1[c]cc2c(Cl)ccnc2c1. The molecule has 59 valence electrons. The lowest BCUT2D eigenvalue weighted by Gasteiger charge is -1.98. The van der Waals surface area contributed by atoms with Crippen LogP contribution in [0.15, 0.2) is 24.4 Å². The van der Waals surface area contributed by atoms with Gasteiger partial charge in [-0.3, -0.25) is 4.98 Å². The van der Waals surface area contributed by atoms with Crippen molar-refractivity contribution in [3.8, 4) is 0 Å². The van der Waals surface area contributed by atoms with Gasteiger partial charge in [0.1, 0.15) is 0 Å². The van der Waals surface area contributed by atoms with Crippen LogP contribution in [0.4, 0.5) is 0 Å². The largest absolute Gasteiger partial charge is 0.256 e. The number of aromatic nitrogens is 1. The molecule has 0 unspecified atom stereocenters. The summed E-state index contributed by atoms with van der Waals surface area (Å²) in [5.74, 6) is 0. The molecule has 0 saturated heterocycles. The zero-order valence-electron chi connectivity index (χ0n) is 6.63. The second-order valence-electron chi connectivity index (χ2n) is 2.71. The summed E-state index contributed by atoms with van der Waals surface area (Å²) >= 11 is 5.95.